The van der Waals surface area contributed by atoms with Crippen molar-refractivity contribution in [1.29, 1.82) is 0 Å². The summed E-state index contributed by atoms with van der Waals surface area (Å²) in [5.41, 5.74) is 1.36. The summed E-state index contributed by atoms with van der Waals surface area (Å²) in [6, 6.07) is 7.87. The van der Waals surface area contributed by atoms with Crippen LogP contribution in [-0.4, -0.2) is 61.5 Å². The van der Waals surface area contributed by atoms with Crippen molar-refractivity contribution in [3.05, 3.63) is 35.4 Å². The van der Waals surface area contributed by atoms with E-state index in [-0.39, 0.29) is 11.8 Å². The highest BCUT2D eigenvalue weighted by Gasteiger charge is 2.33. The lowest BCUT2D eigenvalue weighted by Crippen LogP contribution is -2.45. The number of hydrogen-bond acceptors (Lipinski definition) is 3. The summed E-state index contributed by atoms with van der Waals surface area (Å²) in [6.45, 7) is 11.0. The summed E-state index contributed by atoms with van der Waals surface area (Å²) in [7, 11) is 1.61. The first-order valence-corrected chi connectivity index (χ1v) is 9.44. The molecule has 1 heterocycles. The molecule has 0 radical (unpaired) electrons. The smallest absolute Gasteiger partial charge is 0.253 e. The normalized spacial score (nSPS) is 15.9. The first kappa shape index (κ1) is 20.4. The Morgan fingerprint density at radius 1 is 1.12 bits per heavy atom. The maximum absolute atomic E-state index is 12.9. The van der Waals surface area contributed by atoms with Gasteiger partial charge in [0, 0.05) is 38.9 Å². The van der Waals surface area contributed by atoms with Crippen LogP contribution in [0.3, 0.4) is 0 Å². The van der Waals surface area contributed by atoms with Crippen LogP contribution >= 0.6 is 0 Å². The van der Waals surface area contributed by atoms with Crippen molar-refractivity contribution >= 4 is 11.8 Å². The minimum Gasteiger partial charge on any atom is -0.384 e. The van der Waals surface area contributed by atoms with Gasteiger partial charge in [-0.2, -0.15) is 0 Å². The molecule has 26 heavy (non-hydrogen) atoms. The Labute approximate surface area is 157 Å². The van der Waals surface area contributed by atoms with E-state index < -0.39 is 5.41 Å². The van der Waals surface area contributed by atoms with Crippen LogP contribution in [0.2, 0.25) is 0 Å². The molecule has 0 unspecified atom stereocenters. The molecular weight excluding hydrogens is 328 g/mol. The molecule has 1 aromatic rings. The number of benzene rings is 1. The molecule has 0 aliphatic carbocycles. The summed E-state index contributed by atoms with van der Waals surface area (Å²) < 4.78 is 5.19. The number of methoxy groups -OCH3 is 1. The van der Waals surface area contributed by atoms with Crippen LogP contribution in [0.4, 0.5) is 0 Å². The van der Waals surface area contributed by atoms with Crippen molar-refractivity contribution in [3.63, 3.8) is 0 Å². The van der Waals surface area contributed by atoms with Crippen molar-refractivity contribution in [1.82, 2.24) is 9.80 Å². The lowest BCUT2D eigenvalue weighted by molar-refractivity contribution is -0.142. The zero-order valence-electron chi connectivity index (χ0n) is 16.7. The Kier molecular flexibility index (Phi) is 6.81. The largest absolute Gasteiger partial charge is 0.384 e. The Morgan fingerprint density at radius 2 is 1.77 bits per heavy atom. The van der Waals surface area contributed by atoms with Crippen LogP contribution < -0.4 is 0 Å². The molecule has 2 amide bonds. The molecule has 1 saturated heterocycles. The second-order valence-corrected chi connectivity index (χ2v) is 8.04. The number of ether oxygens (including phenoxy) is 1. The maximum Gasteiger partial charge on any atom is 0.253 e. The van der Waals surface area contributed by atoms with Gasteiger partial charge >= 0.3 is 0 Å². The molecule has 0 N–H and O–H groups in total. The number of carbonyl (C=O) groups excluding carboxylic acids is 2. The number of rotatable bonds is 5. The van der Waals surface area contributed by atoms with Gasteiger partial charge in [-0.25, -0.2) is 0 Å². The molecular formula is C21H32N2O3. The minimum absolute atomic E-state index is 0.0537. The van der Waals surface area contributed by atoms with E-state index in [0.29, 0.717) is 38.7 Å². The van der Waals surface area contributed by atoms with E-state index in [0.717, 1.165) is 12.0 Å². The van der Waals surface area contributed by atoms with Gasteiger partial charge in [-0.15, -0.1) is 0 Å². The van der Waals surface area contributed by atoms with Gasteiger partial charge in [0.1, 0.15) is 0 Å². The third-order valence-electron chi connectivity index (χ3n) is 4.95. The van der Waals surface area contributed by atoms with Crippen LogP contribution in [0, 0.1) is 5.41 Å². The Hall–Kier alpha value is -1.88. The predicted molar refractivity (Wildman–Crippen MR) is 103 cm³/mol. The van der Waals surface area contributed by atoms with E-state index in [1.165, 1.54) is 5.56 Å². The van der Waals surface area contributed by atoms with Gasteiger partial charge in [0.25, 0.3) is 5.91 Å². The lowest BCUT2D eigenvalue weighted by atomic mass is 9.92. The summed E-state index contributed by atoms with van der Waals surface area (Å²) in [4.78, 5) is 29.4. The van der Waals surface area contributed by atoms with Crippen LogP contribution in [0.1, 0.15) is 56.0 Å². The number of nitrogens with zero attached hydrogens (tertiary/aromatic N) is 2. The molecule has 1 aromatic carbocycles. The first-order chi connectivity index (χ1) is 12.3. The van der Waals surface area contributed by atoms with E-state index in [1.807, 2.05) is 41.8 Å². The second-order valence-electron chi connectivity index (χ2n) is 8.04. The number of carbonyl (C=O) groups is 2. The summed E-state index contributed by atoms with van der Waals surface area (Å²) in [5.74, 6) is 0.538. The molecule has 1 fully saturated rings. The fourth-order valence-corrected chi connectivity index (χ4v) is 3.39. The highest BCUT2D eigenvalue weighted by atomic mass is 16.5. The highest BCUT2D eigenvalue weighted by Crippen LogP contribution is 2.21. The zero-order chi connectivity index (χ0) is 19.3. The van der Waals surface area contributed by atoms with E-state index in [4.69, 9.17) is 4.74 Å². The maximum atomic E-state index is 12.9. The summed E-state index contributed by atoms with van der Waals surface area (Å²) in [5, 5.41) is 0. The monoisotopic (exact) mass is 360 g/mol. The Bertz CT molecular complexity index is 640. The van der Waals surface area contributed by atoms with E-state index >= 15 is 0 Å². The molecule has 0 atom stereocenters. The van der Waals surface area contributed by atoms with Crippen molar-refractivity contribution in [2.75, 3.05) is 39.9 Å². The van der Waals surface area contributed by atoms with Crippen molar-refractivity contribution < 1.29 is 14.3 Å². The van der Waals surface area contributed by atoms with Gasteiger partial charge < -0.3 is 14.5 Å². The van der Waals surface area contributed by atoms with Gasteiger partial charge in [-0.1, -0.05) is 26.0 Å². The SMILES string of the molecule is COCC(C)(C)C(=O)N1CCCN(C(=O)c2cccc(C(C)C)c2)CC1. The molecule has 0 saturated carbocycles. The third-order valence-corrected chi connectivity index (χ3v) is 4.95. The third kappa shape index (κ3) is 4.85. The standard InChI is InChI=1S/C21H32N2O3/c1-16(2)17-8-6-9-18(14-17)19(24)22-10-7-11-23(13-12-22)20(25)21(3,4)15-26-5/h6,8-9,14,16H,7,10-13,15H2,1-5H3. The molecule has 0 spiro atoms. The van der Waals surface area contributed by atoms with Crippen molar-refractivity contribution in [2.24, 2.45) is 5.41 Å². The molecule has 0 aromatic heterocycles. The average molecular weight is 360 g/mol. The quantitative estimate of drug-likeness (QED) is 0.810. The second kappa shape index (κ2) is 8.67. The van der Waals surface area contributed by atoms with Crippen LogP contribution in [0.15, 0.2) is 24.3 Å². The van der Waals surface area contributed by atoms with E-state index in [9.17, 15) is 9.59 Å². The van der Waals surface area contributed by atoms with Gasteiger partial charge in [-0.3, -0.25) is 9.59 Å². The number of hydrogen-bond donors (Lipinski definition) is 0. The van der Waals surface area contributed by atoms with Gasteiger partial charge in [0.2, 0.25) is 5.91 Å². The molecule has 5 heteroatoms. The highest BCUT2D eigenvalue weighted by molar-refractivity contribution is 5.94. The molecule has 2 rings (SSSR count). The molecule has 1 aliphatic heterocycles. The molecule has 1 aliphatic rings. The van der Waals surface area contributed by atoms with Crippen LogP contribution in [-0.2, 0) is 9.53 Å². The van der Waals surface area contributed by atoms with Crippen LogP contribution in [0.25, 0.3) is 0 Å². The molecule has 0 bridgehead atoms. The Morgan fingerprint density at radius 3 is 2.42 bits per heavy atom. The van der Waals surface area contributed by atoms with Gasteiger partial charge in [-0.05, 0) is 43.9 Å². The summed E-state index contributed by atoms with van der Waals surface area (Å²) >= 11 is 0. The van der Waals surface area contributed by atoms with Crippen molar-refractivity contribution in [2.45, 2.75) is 40.0 Å². The van der Waals surface area contributed by atoms with Gasteiger partial charge in [0.15, 0.2) is 0 Å². The zero-order valence-corrected chi connectivity index (χ0v) is 16.7. The fraction of sp³-hybridized carbons (Fsp3) is 0.619. The topological polar surface area (TPSA) is 49.9 Å². The molecule has 5 nitrogen and oxygen atoms in total. The molecule has 144 valence electrons. The predicted octanol–water partition coefficient (Wildman–Crippen LogP) is 3.16. The van der Waals surface area contributed by atoms with Crippen LogP contribution in [0.5, 0.6) is 0 Å². The average Bonchev–Trinajstić information content (AvgIpc) is 2.86. The van der Waals surface area contributed by atoms with E-state index in [2.05, 4.69) is 19.9 Å². The number of amides is 2. The lowest BCUT2D eigenvalue weighted by Gasteiger charge is -2.30. The summed E-state index contributed by atoms with van der Waals surface area (Å²) in [6.07, 6.45) is 0.796. The Balaban J connectivity index is 2.05. The van der Waals surface area contributed by atoms with Gasteiger partial charge in [0.05, 0.1) is 12.0 Å². The fourth-order valence-electron chi connectivity index (χ4n) is 3.39. The minimum atomic E-state index is -0.542. The first-order valence-electron chi connectivity index (χ1n) is 9.44. The van der Waals surface area contributed by atoms with Crippen molar-refractivity contribution in [3.8, 4) is 0 Å². The van der Waals surface area contributed by atoms with E-state index in [1.54, 1.807) is 7.11 Å².